The highest BCUT2D eigenvalue weighted by Crippen LogP contribution is 2.16. The lowest BCUT2D eigenvalue weighted by Crippen LogP contribution is -2.14. The Kier molecular flexibility index (Phi) is 2.49. The van der Waals surface area contributed by atoms with Crippen molar-refractivity contribution >= 4 is 5.82 Å². The van der Waals surface area contributed by atoms with Gasteiger partial charge in [-0.15, -0.1) is 0 Å². The molecule has 0 bridgehead atoms. The van der Waals surface area contributed by atoms with Gasteiger partial charge in [0.2, 0.25) is 0 Å². The van der Waals surface area contributed by atoms with Crippen LogP contribution in [-0.4, -0.2) is 0 Å². The van der Waals surface area contributed by atoms with Gasteiger partial charge in [-0.2, -0.15) is 0 Å². The van der Waals surface area contributed by atoms with Crippen LogP contribution in [0.5, 0.6) is 0 Å². The number of nitrogens with one attached hydrogen (secondary N) is 2. The van der Waals surface area contributed by atoms with Crippen LogP contribution in [0.2, 0.25) is 0 Å². The molecule has 3 nitrogen and oxygen atoms in total. The van der Waals surface area contributed by atoms with Crippen molar-refractivity contribution in [2.75, 3.05) is 5.32 Å². The standard InChI is InChI=1S/C11H12N2O/c1-9(10-5-4-8-14-10)13-11-6-2-3-7-12-11/h2-9H,1H3,(H,12,13)/p+1/t9-/m0/s1. The first-order chi connectivity index (χ1) is 6.86. The summed E-state index contributed by atoms with van der Waals surface area (Å²) in [6.07, 6.45) is 3.57. The maximum atomic E-state index is 5.29. The van der Waals surface area contributed by atoms with Crippen LogP contribution in [-0.2, 0) is 0 Å². The monoisotopic (exact) mass is 189 g/mol. The van der Waals surface area contributed by atoms with Crippen molar-refractivity contribution in [3.8, 4) is 0 Å². The average Bonchev–Trinajstić information content (AvgIpc) is 2.72. The van der Waals surface area contributed by atoms with Crippen molar-refractivity contribution in [2.24, 2.45) is 0 Å². The van der Waals surface area contributed by atoms with Gasteiger partial charge in [0.05, 0.1) is 12.5 Å². The number of rotatable bonds is 3. The summed E-state index contributed by atoms with van der Waals surface area (Å²) in [7, 11) is 0. The van der Waals surface area contributed by atoms with Crippen molar-refractivity contribution in [3.63, 3.8) is 0 Å². The zero-order valence-corrected chi connectivity index (χ0v) is 8.03. The van der Waals surface area contributed by atoms with E-state index in [2.05, 4.69) is 17.2 Å². The first-order valence-electron chi connectivity index (χ1n) is 4.63. The largest absolute Gasteiger partial charge is 0.465 e. The molecule has 0 radical (unpaired) electrons. The molecule has 0 aromatic carbocycles. The molecule has 2 aromatic heterocycles. The number of aromatic amines is 1. The van der Waals surface area contributed by atoms with E-state index in [4.69, 9.17) is 4.42 Å². The van der Waals surface area contributed by atoms with Gasteiger partial charge in [-0.1, -0.05) is 6.07 Å². The molecule has 2 heterocycles. The predicted octanol–water partition coefficient (Wildman–Crippen LogP) is 2.27. The van der Waals surface area contributed by atoms with E-state index in [1.807, 2.05) is 36.5 Å². The minimum absolute atomic E-state index is 0.170. The van der Waals surface area contributed by atoms with Crippen LogP contribution in [0.3, 0.4) is 0 Å². The number of H-pyrrole nitrogens is 1. The van der Waals surface area contributed by atoms with Crippen LogP contribution in [0.25, 0.3) is 0 Å². The zero-order valence-electron chi connectivity index (χ0n) is 8.03. The minimum Gasteiger partial charge on any atom is -0.465 e. The highest BCUT2D eigenvalue weighted by Gasteiger charge is 2.12. The van der Waals surface area contributed by atoms with Crippen LogP contribution < -0.4 is 10.3 Å². The highest BCUT2D eigenvalue weighted by atomic mass is 16.3. The summed E-state index contributed by atoms with van der Waals surface area (Å²) < 4.78 is 5.29. The second-order valence-corrected chi connectivity index (χ2v) is 3.16. The van der Waals surface area contributed by atoms with E-state index in [9.17, 15) is 0 Å². The molecule has 14 heavy (non-hydrogen) atoms. The quantitative estimate of drug-likeness (QED) is 0.804. The fraction of sp³-hybridized carbons (Fsp3) is 0.182. The van der Waals surface area contributed by atoms with E-state index in [-0.39, 0.29) is 6.04 Å². The van der Waals surface area contributed by atoms with Gasteiger partial charge in [0.15, 0.2) is 0 Å². The van der Waals surface area contributed by atoms with Crippen molar-refractivity contribution in [1.82, 2.24) is 0 Å². The molecule has 0 aliphatic heterocycles. The smallest absolute Gasteiger partial charge is 0.272 e. The number of aromatic nitrogens is 1. The first-order valence-corrected chi connectivity index (χ1v) is 4.63. The Balaban J connectivity index is 2.06. The molecule has 0 unspecified atom stereocenters. The van der Waals surface area contributed by atoms with E-state index >= 15 is 0 Å². The van der Waals surface area contributed by atoms with E-state index < -0.39 is 0 Å². The molecule has 0 saturated carbocycles. The molecule has 0 amide bonds. The summed E-state index contributed by atoms with van der Waals surface area (Å²) in [5, 5.41) is 3.29. The van der Waals surface area contributed by atoms with Crippen LogP contribution in [0.1, 0.15) is 18.7 Å². The number of anilines is 1. The molecule has 2 N–H and O–H groups in total. The van der Waals surface area contributed by atoms with Gasteiger partial charge in [0.25, 0.3) is 5.82 Å². The number of hydrogen-bond donors (Lipinski definition) is 1. The van der Waals surface area contributed by atoms with Crippen LogP contribution in [0.4, 0.5) is 5.82 Å². The van der Waals surface area contributed by atoms with Gasteiger partial charge in [0.1, 0.15) is 11.8 Å². The summed E-state index contributed by atoms with van der Waals surface area (Å²) in [4.78, 5) is 3.11. The molecular formula is C11H13N2O+. The normalized spacial score (nSPS) is 12.4. The highest BCUT2D eigenvalue weighted by molar-refractivity contribution is 5.30. The van der Waals surface area contributed by atoms with E-state index in [0.717, 1.165) is 11.6 Å². The molecule has 0 aliphatic carbocycles. The maximum Gasteiger partial charge on any atom is 0.272 e. The van der Waals surface area contributed by atoms with Crippen molar-refractivity contribution in [3.05, 3.63) is 48.6 Å². The van der Waals surface area contributed by atoms with Gasteiger partial charge in [-0.3, -0.25) is 5.32 Å². The molecule has 0 aliphatic rings. The lowest BCUT2D eigenvalue weighted by molar-refractivity contribution is -0.361. The fourth-order valence-electron chi connectivity index (χ4n) is 1.33. The molecule has 0 spiro atoms. The Morgan fingerprint density at radius 1 is 1.29 bits per heavy atom. The summed E-state index contributed by atoms with van der Waals surface area (Å²) in [6, 6.07) is 9.93. The molecule has 3 heteroatoms. The van der Waals surface area contributed by atoms with Crippen LogP contribution >= 0.6 is 0 Å². The average molecular weight is 189 g/mol. The molecule has 0 fully saturated rings. The second-order valence-electron chi connectivity index (χ2n) is 3.16. The number of hydrogen-bond acceptors (Lipinski definition) is 2. The summed E-state index contributed by atoms with van der Waals surface area (Å²) in [6.45, 7) is 2.06. The zero-order chi connectivity index (χ0) is 9.80. The van der Waals surface area contributed by atoms with Gasteiger partial charge in [-0.25, -0.2) is 4.98 Å². The van der Waals surface area contributed by atoms with Gasteiger partial charge in [-0.05, 0) is 25.1 Å². The minimum atomic E-state index is 0.170. The van der Waals surface area contributed by atoms with Crippen molar-refractivity contribution in [1.29, 1.82) is 0 Å². The Labute approximate surface area is 82.8 Å². The third-order valence-electron chi connectivity index (χ3n) is 2.05. The Morgan fingerprint density at radius 2 is 2.21 bits per heavy atom. The summed E-state index contributed by atoms with van der Waals surface area (Å²) in [5.41, 5.74) is 0. The lowest BCUT2D eigenvalue weighted by atomic mass is 10.2. The first kappa shape index (κ1) is 8.81. The second kappa shape index (κ2) is 3.96. The molecule has 2 rings (SSSR count). The van der Waals surface area contributed by atoms with Crippen molar-refractivity contribution in [2.45, 2.75) is 13.0 Å². The van der Waals surface area contributed by atoms with Crippen LogP contribution in [0, 0.1) is 0 Å². The molecule has 2 aromatic rings. The van der Waals surface area contributed by atoms with Gasteiger partial charge < -0.3 is 4.42 Å². The third-order valence-corrected chi connectivity index (χ3v) is 2.05. The predicted molar refractivity (Wildman–Crippen MR) is 53.7 cm³/mol. The van der Waals surface area contributed by atoms with Crippen molar-refractivity contribution < 1.29 is 9.40 Å². The van der Waals surface area contributed by atoms with E-state index in [1.165, 1.54) is 0 Å². The topological polar surface area (TPSA) is 39.3 Å². The Bertz CT molecular complexity index is 369. The van der Waals surface area contributed by atoms with Crippen LogP contribution in [0.15, 0.2) is 47.2 Å². The Hall–Kier alpha value is -1.77. The molecule has 72 valence electrons. The molecule has 1 atom stereocenters. The number of furan rings is 1. The summed E-state index contributed by atoms with van der Waals surface area (Å²) >= 11 is 0. The molecule has 0 saturated heterocycles. The SMILES string of the molecule is C[C@H](Nc1cccc[nH+]1)c1ccco1. The third kappa shape index (κ3) is 1.93. The Morgan fingerprint density at radius 3 is 2.86 bits per heavy atom. The number of pyridine rings is 1. The van der Waals surface area contributed by atoms with Gasteiger partial charge >= 0.3 is 0 Å². The lowest BCUT2D eigenvalue weighted by Gasteiger charge is -2.04. The maximum absolute atomic E-state index is 5.29. The molecular weight excluding hydrogens is 176 g/mol. The van der Waals surface area contributed by atoms with Gasteiger partial charge in [0, 0.05) is 6.07 Å². The summed E-state index contributed by atoms with van der Waals surface area (Å²) in [5.74, 6) is 1.92. The van der Waals surface area contributed by atoms with E-state index in [0.29, 0.717) is 0 Å². The van der Waals surface area contributed by atoms with E-state index in [1.54, 1.807) is 6.26 Å². The fourth-order valence-corrected chi connectivity index (χ4v) is 1.33.